The van der Waals surface area contributed by atoms with Crippen molar-refractivity contribution in [2.45, 2.75) is 85.5 Å². The van der Waals surface area contributed by atoms with Crippen molar-refractivity contribution in [2.24, 2.45) is 0 Å². The van der Waals surface area contributed by atoms with E-state index in [0.29, 0.717) is 5.56 Å². The van der Waals surface area contributed by atoms with Gasteiger partial charge in [-0.25, -0.2) is 4.79 Å². The molecule has 0 bridgehead atoms. The first kappa shape index (κ1) is 27.2. The van der Waals surface area contributed by atoms with E-state index in [1.807, 2.05) is 52.8 Å². The third-order valence-corrected chi connectivity index (χ3v) is 4.33. The molecule has 0 saturated carbocycles. The van der Waals surface area contributed by atoms with Crippen LogP contribution >= 0.6 is 0 Å². The number of rotatable bonds is 7. The summed E-state index contributed by atoms with van der Waals surface area (Å²) in [5.41, 5.74) is 1.49. The van der Waals surface area contributed by atoms with Crippen LogP contribution in [0, 0.1) is 13.8 Å². The number of ether oxygens (including phenoxy) is 1. The van der Waals surface area contributed by atoms with Crippen molar-refractivity contribution >= 4 is 17.9 Å². The van der Waals surface area contributed by atoms with Gasteiger partial charge in [-0.1, -0.05) is 35.4 Å². The summed E-state index contributed by atoms with van der Waals surface area (Å²) in [6, 6.07) is 4.01. The van der Waals surface area contributed by atoms with Crippen LogP contribution in [0.2, 0.25) is 0 Å². The Morgan fingerprint density at radius 1 is 1.06 bits per heavy atom. The second-order valence-corrected chi connectivity index (χ2v) is 10.2. The van der Waals surface area contributed by atoms with Crippen molar-refractivity contribution in [1.29, 1.82) is 0 Å². The van der Waals surface area contributed by atoms with Crippen LogP contribution in [0.5, 0.6) is 0 Å². The first-order valence-corrected chi connectivity index (χ1v) is 10.8. The van der Waals surface area contributed by atoms with Crippen molar-refractivity contribution in [3.63, 3.8) is 0 Å². The molecule has 1 rings (SSSR count). The standard InChI is InChI=1S/C25H39N3O4/c1-11-12-28(22(30)18(4)26-23(31)32-25(8,9)10)20(21(29)27-24(5,6)7)19-14-16(2)13-17(3)15-19/h11,13-15,18,20H,1,12H2,2-10H3,(H,26,31)(H,27,29). The van der Waals surface area contributed by atoms with E-state index in [0.717, 1.165) is 11.1 Å². The van der Waals surface area contributed by atoms with Crippen molar-refractivity contribution in [1.82, 2.24) is 15.5 Å². The lowest BCUT2D eigenvalue weighted by Gasteiger charge is -2.35. The van der Waals surface area contributed by atoms with E-state index in [1.54, 1.807) is 33.8 Å². The molecule has 7 heteroatoms. The molecule has 0 saturated heterocycles. The van der Waals surface area contributed by atoms with Gasteiger partial charge in [-0.15, -0.1) is 6.58 Å². The molecule has 0 radical (unpaired) electrons. The highest BCUT2D eigenvalue weighted by Gasteiger charge is 2.35. The fourth-order valence-corrected chi connectivity index (χ4v) is 3.34. The SMILES string of the molecule is C=CCN(C(=O)C(C)NC(=O)OC(C)(C)C)C(C(=O)NC(C)(C)C)c1cc(C)cc(C)c1. The normalized spacial score (nSPS) is 13.5. The molecule has 0 aromatic heterocycles. The van der Waals surface area contributed by atoms with Gasteiger partial charge in [-0.2, -0.15) is 0 Å². The summed E-state index contributed by atoms with van der Waals surface area (Å²) >= 11 is 0. The van der Waals surface area contributed by atoms with E-state index in [2.05, 4.69) is 17.2 Å². The van der Waals surface area contributed by atoms with Crippen LogP contribution in [0.4, 0.5) is 4.79 Å². The number of amides is 3. The zero-order valence-corrected chi connectivity index (χ0v) is 21.0. The van der Waals surface area contributed by atoms with Gasteiger partial charge in [0.25, 0.3) is 0 Å². The van der Waals surface area contributed by atoms with Gasteiger partial charge in [-0.3, -0.25) is 9.59 Å². The Kier molecular flexibility index (Phi) is 9.06. The maximum Gasteiger partial charge on any atom is 0.408 e. The van der Waals surface area contributed by atoms with Crippen LogP contribution in [-0.2, 0) is 14.3 Å². The highest BCUT2D eigenvalue weighted by Crippen LogP contribution is 2.25. The van der Waals surface area contributed by atoms with E-state index in [1.165, 1.54) is 4.90 Å². The summed E-state index contributed by atoms with van der Waals surface area (Å²) in [5, 5.41) is 5.56. The van der Waals surface area contributed by atoms with Gasteiger partial charge in [0.2, 0.25) is 11.8 Å². The molecule has 2 atom stereocenters. The third kappa shape index (κ3) is 8.73. The predicted molar refractivity (Wildman–Crippen MR) is 127 cm³/mol. The molecule has 2 unspecified atom stereocenters. The number of carbonyl (C=O) groups excluding carboxylic acids is 3. The third-order valence-electron chi connectivity index (χ3n) is 4.33. The summed E-state index contributed by atoms with van der Waals surface area (Å²) in [7, 11) is 0. The number of carbonyl (C=O) groups is 3. The molecule has 0 aliphatic carbocycles. The zero-order valence-electron chi connectivity index (χ0n) is 21.0. The predicted octanol–water partition coefficient (Wildman–Crippen LogP) is 4.19. The van der Waals surface area contributed by atoms with Crippen molar-refractivity contribution in [3.8, 4) is 0 Å². The Bertz CT molecular complexity index is 829. The number of benzene rings is 1. The number of nitrogens with one attached hydrogen (secondary N) is 2. The lowest BCUT2D eigenvalue weighted by molar-refractivity contribution is -0.142. The Labute approximate surface area is 192 Å². The smallest absolute Gasteiger partial charge is 0.408 e. The van der Waals surface area contributed by atoms with Gasteiger partial charge < -0.3 is 20.3 Å². The van der Waals surface area contributed by atoms with E-state index in [-0.39, 0.29) is 12.5 Å². The minimum atomic E-state index is -0.902. The van der Waals surface area contributed by atoms with Gasteiger partial charge in [0.05, 0.1) is 0 Å². The highest BCUT2D eigenvalue weighted by molar-refractivity contribution is 5.92. The number of nitrogens with zero attached hydrogens (tertiary/aromatic N) is 1. The molecule has 1 aromatic carbocycles. The molecule has 0 aliphatic heterocycles. The average molecular weight is 446 g/mol. The molecule has 7 nitrogen and oxygen atoms in total. The molecule has 0 spiro atoms. The number of hydrogen-bond donors (Lipinski definition) is 2. The topological polar surface area (TPSA) is 87.7 Å². The van der Waals surface area contributed by atoms with Gasteiger partial charge in [-0.05, 0) is 67.9 Å². The first-order chi connectivity index (χ1) is 14.5. The van der Waals surface area contributed by atoms with Gasteiger partial charge in [0.15, 0.2) is 0 Å². The molecule has 32 heavy (non-hydrogen) atoms. The van der Waals surface area contributed by atoms with Crippen LogP contribution in [0.25, 0.3) is 0 Å². The van der Waals surface area contributed by atoms with E-state index in [9.17, 15) is 14.4 Å². The molecule has 1 aromatic rings. The Morgan fingerprint density at radius 2 is 1.59 bits per heavy atom. The maximum atomic E-state index is 13.4. The molecule has 3 amide bonds. The number of aryl methyl sites for hydroxylation is 2. The van der Waals surface area contributed by atoms with Gasteiger partial charge >= 0.3 is 6.09 Å². The lowest BCUT2D eigenvalue weighted by Crippen LogP contribution is -2.53. The van der Waals surface area contributed by atoms with Crippen molar-refractivity contribution < 1.29 is 19.1 Å². The summed E-state index contributed by atoms with van der Waals surface area (Å²) in [4.78, 5) is 40.4. The van der Waals surface area contributed by atoms with Gasteiger partial charge in [0.1, 0.15) is 17.7 Å². The lowest BCUT2D eigenvalue weighted by atomic mass is 9.97. The van der Waals surface area contributed by atoms with Crippen LogP contribution in [0.3, 0.4) is 0 Å². The maximum absolute atomic E-state index is 13.4. The first-order valence-electron chi connectivity index (χ1n) is 10.8. The summed E-state index contributed by atoms with van der Waals surface area (Å²) in [5.74, 6) is -0.717. The zero-order chi connectivity index (χ0) is 24.9. The minimum absolute atomic E-state index is 0.133. The van der Waals surface area contributed by atoms with Crippen LogP contribution in [0.1, 0.15) is 71.2 Å². The van der Waals surface area contributed by atoms with E-state index < -0.39 is 35.2 Å². The van der Waals surface area contributed by atoms with Crippen LogP contribution < -0.4 is 10.6 Å². The quantitative estimate of drug-likeness (QED) is 0.616. The molecule has 0 aliphatic rings. The summed E-state index contributed by atoms with van der Waals surface area (Å²) in [6.07, 6.45) is 0.872. The molecule has 0 fully saturated rings. The minimum Gasteiger partial charge on any atom is -0.444 e. The number of hydrogen-bond acceptors (Lipinski definition) is 4. The summed E-state index contributed by atoms with van der Waals surface area (Å²) in [6.45, 7) is 20.2. The fraction of sp³-hybridized carbons (Fsp3) is 0.560. The largest absolute Gasteiger partial charge is 0.444 e. The molecule has 2 N–H and O–H groups in total. The molecular weight excluding hydrogens is 406 g/mol. The summed E-state index contributed by atoms with van der Waals surface area (Å²) < 4.78 is 5.27. The number of alkyl carbamates (subject to hydrolysis) is 1. The van der Waals surface area contributed by atoms with Gasteiger partial charge in [0, 0.05) is 12.1 Å². The van der Waals surface area contributed by atoms with Crippen LogP contribution in [-0.4, -0.2) is 46.5 Å². The van der Waals surface area contributed by atoms with Crippen LogP contribution in [0.15, 0.2) is 30.9 Å². The Morgan fingerprint density at radius 3 is 2.03 bits per heavy atom. The molecule has 0 heterocycles. The molecule has 178 valence electrons. The molecular formula is C25H39N3O4. The monoisotopic (exact) mass is 445 g/mol. The van der Waals surface area contributed by atoms with E-state index in [4.69, 9.17) is 4.74 Å². The van der Waals surface area contributed by atoms with E-state index >= 15 is 0 Å². The Balaban J connectivity index is 3.36. The fourth-order valence-electron chi connectivity index (χ4n) is 3.34. The average Bonchev–Trinajstić information content (AvgIpc) is 2.56. The Hall–Kier alpha value is -2.83. The highest BCUT2D eigenvalue weighted by atomic mass is 16.6. The van der Waals surface area contributed by atoms with Crippen molar-refractivity contribution in [2.75, 3.05) is 6.54 Å². The second-order valence-electron chi connectivity index (χ2n) is 10.2. The second kappa shape index (κ2) is 10.7. The van der Waals surface area contributed by atoms with Crippen molar-refractivity contribution in [3.05, 3.63) is 47.5 Å².